The second kappa shape index (κ2) is 6.38. The highest BCUT2D eigenvalue weighted by molar-refractivity contribution is 8.13. The van der Waals surface area contributed by atoms with Crippen molar-refractivity contribution < 1.29 is 9.59 Å². The lowest BCUT2D eigenvalue weighted by molar-refractivity contribution is -0.109. The van der Waals surface area contributed by atoms with Crippen LogP contribution in [0.1, 0.15) is 28.8 Å². The van der Waals surface area contributed by atoms with Crippen molar-refractivity contribution in [2.45, 2.75) is 13.3 Å². The van der Waals surface area contributed by atoms with E-state index in [4.69, 9.17) is 0 Å². The Bertz CT molecular complexity index is 415. The summed E-state index contributed by atoms with van der Waals surface area (Å²) >= 11 is 2.54. The van der Waals surface area contributed by atoms with Crippen LogP contribution in [0.4, 0.5) is 0 Å². The molecule has 0 fully saturated rings. The number of hydrogen-bond acceptors (Lipinski definition) is 5. The summed E-state index contributed by atoms with van der Waals surface area (Å²) in [6, 6.07) is 0. The number of hydrogen-bond donors (Lipinski definition) is 0. The molecule has 0 radical (unpaired) electrons. The number of carbonyl (C=O) groups excluding carboxylic acids is 2. The van der Waals surface area contributed by atoms with Crippen molar-refractivity contribution in [3.63, 3.8) is 0 Å². The molecule has 0 spiro atoms. The van der Waals surface area contributed by atoms with E-state index in [1.54, 1.807) is 5.38 Å². The van der Waals surface area contributed by atoms with Crippen LogP contribution in [0.25, 0.3) is 0 Å². The second-order valence-electron chi connectivity index (χ2n) is 2.58. The van der Waals surface area contributed by atoms with Gasteiger partial charge in [0.15, 0.2) is 16.4 Å². The predicted octanol–water partition coefficient (Wildman–Crippen LogP) is 1.98. The SMILES string of the molecule is CC(=O)SCCC#Cc1csc(C=O)n1. The zero-order chi connectivity index (χ0) is 11.1. The van der Waals surface area contributed by atoms with Crippen LogP contribution in [-0.2, 0) is 4.79 Å². The summed E-state index contributed by atoms with van der Waals surface area (Å²) in [5, 5.41) is 2.29. The molecule has 15 heavy (non-hydrogen) atoms. The van der Waals surface area contributed by atoms with Gasteiger partial charge in [0.2, 0.25) is 0 Å². The lowest BCUT2D eigenvalue weighted by Crippen LogP contribution is -1.84. The third kappa shape index (κ3) is 4.77. The molecular weight excluding hydrogens is 230 g/mol. The van der Waals surface area contributed by atoms with Crippen LogP contribution < -0.4 is 0 Å². The van der Waals surface area contributed by atoms with E-state index in [2.05, 4.69) is 16.8 Å². The first-order valence-electron chi connectivity index (χ1n) is 4.25. The highest BCUT2D eigenvalue weighted by Gasteiger charge is 1.96. The number of thiazole rings is 1. The Labute approximate surface area is 96.3 Å². The second-order valence-corrected chi connectivity index (χ2v) is 4.74. The Morgan fingerprint density at radius 3 is 3.13 bits per heavy atom. The molecule has 0 aliphatic carbocycles. The Kier molecular flexibility index (Phi) is 5.08. The summed E-state index contributed by atoms with van der Waals surface area (Å²) in [5.74, 6) is 6.44. The van der Waals surface area contributed by atoms with Crippen LogP contribution in [0.15, 0.2) is 5.38 Å². The molecule has 0 aliphatic heterocycles. The van der Waals surface area contributed by atoms with Crippen LogP contribution in [0.3, 0.4) is 0 Å². The van der Waals surface area contributed by atoms with Gasteiger partial charge in [0.1, 0.15) is 5.69 Å². The largest absolute Gasteiger partial charge is 0.295 e. The number of rotatable bonds is 3. The molecule has 1 rings (SSSR count). The topological polar surface area (TPSA) is 47.0 Å². The Morgan fingerprint density at radius 2 is 2.53 bits per heavy atom. The van der Waals surface area contributed by atoms with Gasteiger partial charge in [-0.1, -0.05) is 17.7 Å². The van der Waals surface area contributed by atoms with E-state index in [1.807, 2.05) is 0 Å². The van der Waals surface area contributed by atoms with E-state index < -0.39 is 0 Å². The monoisotopic (exact) mass is 239 g/mol. The first-order valence-corrected chi connectivity index (χ1v) is 6.12. The van der Waals surface area contributed by atoms with Crippen molar-refractivity contribution in [3.05, 3.63) is 16.1 Å². The number of nitrogens with zero attached hydrogens (tertiary/aromatic N) is 1. The smallest absolute Gasteiger partial charge is 0.185 e. The minimum absolute atomic E-state index is 0.105. The third-order valence-corrected chi connectivity index (χ3v) is 2.96. The predicted molar refractivity (Wildman–Crippen MR) is 62.1 cm³/mol. The van der Waals surface area contributed by atoms with Gasteiger partial charge in [-0.2, -0.15) is 0 Å². The molecular formula is C10H9NO2S2. The molecule has 0 aliphatic rings. The zero-order valence-corrected chi connectivity index (χ0v) is 9.78. The fraction of sp³-hybridized carbons (Fsp3) is 0.300. The number of aromatic nitrogens is 1. The fourth-order valence-electron chi connectivity index (χ4n) is 0.798. The van der Waals surface area contributed by atoms with E-state index >= 15 is 0 Å². The average molecular weight is 239 g/mol. The van der Waals surface area contributed by atoms with Crippen LogP contribution >= 0.6 is 23.1 Å². The summed E-state index contributed by atoms with van der Waals surface area (Å²) in [7, 11) is 0. The van der Waals surface area contributed by atoms with Crippen molar-refractivity contribution in [1.29, 1.82) is 0 Å². The first kappa shape index (κ1) is 12.0. The standard InChI is InChI=1S/C10H9NO2S2/c1-8(13)14-5-3-2-4-9-7-15-10(6-12)11-9/h6-7H,3,5H2,1H3. The molecule has 0 amide bonds. The first-order chi connectivity index (χ1) is 7.22. The molecule has 0 saturated heterocycles. The van der Waals surface area contributed by atoms with Crippen LogP contribution in [-0.4, -0.2) is 22.1 Å². The fourth-order valence-corrected chi connectivity index (χ4v) is 1.84. The maximum Gasteiger partial charge on any atom is 0.185 e. The highest BCUT2D eigenvalue weighted by Crippen LogP contribution is 2.06. The van der Waals surface area contributed by atoms with E-state index in [0.717, 1.165) is 0 Å². The normalized spacial score (nSPS) is 9.13. The van der Waals surface area contributed by atoms with Crippen molar-refractivity contribution in [2.24, 2.45) is 0 Å². The number of carbonyl (C=O) groups is 2. The number of thioether (sulfide) groups is 1. The van der Waals surface area contributed by atoms with Crippen LogP contribution in [0.5, 0.6) is 0 Å². The highest BCUT2D eigenvalue weighted by atomic mass is 32.2. The number of aldehydes is 1. The average Bonchev–Trinajstić information content (AvgIpc) is 2.65. The Balaban J connectivity index is 2.37. The van der Waals surface area contributed by atoms with Gasteiger partial charge < -0.3 is 0 Å². The quantitative estimate of drug-likeness (QED) is 0.459. The lowest BCUT2D eigenvalue weighted by atomic mass is 10.4. The van der Waals surface area contributed by atoms with Gasteiger partial charge in [-0.15, -0.1) is 11.3 Å². The van der Waals surface area contributed by atoms with Gasteiger partial charge in [0.05, 0.1) is 0 Å². The Morgan fingerprint density at radius 1 is 1.73 bits per heavy atom. The zero-order valence-electron chi connectivity index (χ0n) is 8.15. The van der Waals surface area contributed by atoms with E-state index in [9.17, 15) is 9.59 Å². The molecule has 0 atom stereocenters. The van der Waals surface area contributed by atoms with Gasteiger partial charge in [-0.3, -0.25) is 9.59 Å². The summed E-state index contributed by atoms with van der Waals surface area (Å²) in [6.07, 6.45) is 1.36. The van der Waals surface area contributed by atoms with Gasteiger partial charge in [-0.05, 0) is 5.92 Å². The lowest BCUT2D eigenvalue weighted by Gasteiger charge is -1.87. The summed E-state index contributed by atoms with van der Waals surface area (Å²) < 4.78 is 0. The molecule has 78 valence electrons. The van der Waals surface area contributed by atoms with Gasteiger partial charge in [0.25, 0.3) is 0 Å². The molecule has 0 N–H and O–H groups in total. The minimum atomic E-state index is 0.105. The molecule has 0 unspecified atom stereocenters. The molecule has 0 saturated carbocycles. The summed E-state index contributed by atoms with van der Waals surface area (Å²) in [4.78, 5) is 24.9. The molecule has 5 heteroatoms. The van der Waals surface area contributed by atoms with E-state index in [1.165, 1.54) is 30.0 Å². The molecule has 3 nitrogen and oxygen atoms in total. The third-order valence-electron chi connectivity index (χ3n) is 1.37. The maximum absolute atomic E-state index is 10.6. The molecule has 0 aromatic carbocycles. The van der Waals surface area contributed by atoms with Crippen molar-refractivity contribution >= 4 is 34.5 Å². The Hall–Kier alpha value is -1.12. The maximum atomic E-state index is 10.6. The van der Waals surface area contributed by atoms with Crippen LogP contribution in [0, 0.1) is 11.8 Å². The minimum Gasteiger partial charge on any atom is -0.295 e. The van der Waals surface area contributed by atoms with Crippen molar-refractivity contribution in [3.8, 4) is 11.8 Å². The molecule has 1 heterocycles. The summed E-state index contributed by atoms with van der Waals surface area (Å²) in [5.41, 5.74) is 0.620. The van der Waals surface area contributed by atoms with E-state index in [0.29, 0.717) is 29.2 Å². The molecule has 0 bridgehead atoms. The van der Waals surface area contributed by atoms with Crippen molar-refractivity contribution in [1.82, 2.24) is 4.98 Å². The van der Waals surface area contributed by atoms with Crippen LogP contribution in [0.2, 0.25) is 0 Å². The van der Waals surface area contributed by atoms with Crippen molar-refractivity contribution in [2.75, 3.05) is 5.75 Å². The van der Waals surface area contributed by atoms with Gasteiger partial charge in [-0.25, -0.2) is 4.98 Å². The summed E-state index contributed by atoms with van der Waals surface area (Å²) in [6.45, 7) is 1.54. The van der Waals surface area contributed by atoms with Gasteiger partial charge in [0, 0.05) is 24.5 Å². The van der Waals surface area contributed by atoms with Gasteiger partial charge >= 0.3 is 0 Å². The molecule has 1 aromatic rings. The molecule has 1 aromatic heterocycles. The van der Waals surface area contributed by atoms with E-state index in [-0.39, 0.29) is 5.12 Å².